The predicted molar refractivity (Wildman–Crippen MR) is 88.7 cm³/mol. The first-order valence-electron chi connectivity index (χ1n) is 6.83. The van der Waals surface area contributed by atoms with Crippen LogP contribution in [0.1, 0.15) is 5.56 Å². The Bertz CT molecular complexity index is 537. The normalized spacial score (nSPS) is 10.5. The van der Waals surface area contributed by atoms with Crippen LogP contribution in [0.25, 0.3) is 0 Å². The van der Waals surface area contributed by atoms with Crippen LogP contribution in [-0.4, -0.2) is 63.0 Å². The number of amides is 2. The molecule has 0 bridgehead atoms. The molecular formula is C15H22BrN3O3. The number of ether oxygens (including phenoxy) is 1. The molecule has 1 N–H and O–H groups in total. The van der Waals surface area contributed by atoms with Gasteiger partial charge >= 0.3 is 0 Å². The summed E-state index contributed by atoms with van der Waals surface area (Å²) < 4.78 is 6.28. The SMILES string of the molecule is CNC(=O)CN(C)C(=O)CN(C)Cc1cc(Br)ccc1OC. The summed E-state index contributed by atoms with van der Waals surface area (Å²) in [6.45, 7) is 0.856. The molecule has 0 fully saturated rings. The Hall–Kier alpha value is -1.60. The molecule has 0 spiro atoms. The summed E-state index contributed by atoms with van der Waals surface area (Å²) in [4.78, 5) is 26.7. The predicted octanol–water partition coefficient (Wildman–Crippen LogP) is 1.09. The van der Waals surface area contributed by atoms with E-state index in [0.717, 1.165) is 15.8 Å². The van der Waals surface area contributed by atoms with Gasteiger partial charge in [0.2, 0.25) is 11.8 Å². The molecule has 0 aliphatic rings. The van der Waals surface area contributed by atoms with Gasteiger partial charge in [0.1, 0.15) is 5.75 Å². The van der Waals surface area contributed by atoms with E-state index in [4.69, 9.17) is 4.74 Å². The molecule has 122 valence electrons. The van der Waals surface area contributed by atoms with Gasteiger partial charge in [-0.25, -0.2) is 0 Å². The molecule has 22 heavy (non-hydrogen) atoms. The fourth-order valence-electron chi connectivity index (χ4n) is 1.95. The van der Waals surface area contributed by atoms with Crippen LogP contribution in [0.4, 0.5) is 0 Å². The lowest BCUT2D eigenvalue weighted by Crippen LogP contribution is -2.41. The number of rotatable bonds is 7. The molecule has 7 heteroatoms. The van der Waals surface area contributed by atoms with Gasteiger partial charge < -0.3 is 15.0 Å². The third kappa shape index (κ3) is 5.65. The van der Waals surface area contributed by atoms with Gasteiger partial charge in [-0.05, 0) is 25.2 Å². The second-order valence-corrected chi connectivity index (χ2v) is 5.97. The third-order valence-electron chi connectivity index (χ3n) is 3.17. The molecule has 0 unspecified atom stereocenters. The Morgan fingerprint density at radius 3 is 2.55 bits per heavy atom. The zero-order chi connectivity index (χ0) is 16.7. The number of carbonyl (C=O) groups excluding carboxylic acids is 2. The highest BCUT2D eigenvalue weighted by molar-refractivity contribution is 9.10. The van der Waals surface area contributed by atoms with E-state index < -0.39 is 0 Å². The topological polar surface area (TPSA) is 61.9 Å². The standard InChI is InChI=1S/C15H22BrN3O3/c1-17-14(20)9-19(3)15(21)10-18(2)8-11-7-12(16)5-6-13(11)22-4/h5-7H,8-10H2,1-4H3,(H,17,20). The van der Waals surface area contributed by atoms with E-state index in [-0.39, 0.29) is 24.9 Å². The van der Waals surface area contributed by atoms with Gasteiger partial charge in [0.05, 0.1) is 20.2 Å². The van der Waals surface area contributed by atoms with E-state index in [1.165, 1.54) is 4.90 Å². The highest BCUT2D eigenvalue weighted by Gasteiger charge is 2.15. The number of halogens is 1. The summed E-state index contributed by atoms with van der Waals surface area (Å²) in [5.41, 5.74) is 0.987. The third-order valence-corrected chi connectivity index (χ3v) is 3.67. The van der Waals surface area contributed by atoms with Gasteiger partial charge in [0.25, 0.3) is 0 Å². The fraction of sp³-hybridized carbons (Fsp3) is 0.467. The lowest BCUT2D eigenvalue weighted by Gasteiger charge is -2.22. The molecule has 0 atom stereocenters. The summed E-state index contributed by atoms with van der Waals surface area (Å²) in [5, 5.41) is 2.50. The van der Waals surface area contributed by atoms with Crippen LogP contribution < -0.4 is 10.1 Å². The van der Waals surface area contributed by atoms with Gasteiger partial charge in [-0.3, -0.25) is 14.5 Å². The maximum absolute atomic E-state index is 12.1. The molecule has 0 saturated carbocycles. The minimum absolute atomic E-state index is 0.0589. The van der Waals surface area contributed by atoms with Crippen molar-refractivity contribution >= 4 is 27.7 Å². The summed E-state index contributed by atoms with van der Waals surface area (Å²) >= 11 is 3.43. The van der Waals surface area contributed by atoms with E-state index in [1.807, 2.05) is 30.1 Å². The lowest BCUT2D eigenvalue weighted by atomic mass is 10.2. The highest BCUT2D eigenvalue weighted by atomic mass is 79.9. The number of nitrogens with one attached hydrogen (secondary N) is 1. The first kappa shape index (κ1) is 18.4. The maximum atomic E-state index is 12.1. The molecule has 1 aromatic rings. The summed E-state index contributed by atoms with van der Waals surface area (Å²) in [6.07, 6.45) is 0. The molecule has 0 heterocycles. The Balaban J connectivity index is 2.62. The zero-order valence-electron chi connectivity index (χ0n) is 13.4. The number of benzene rings is 1. The highest BCUT2D eigenvalue weighted by Crippen LogP contribution is 2.23. The van der Waals surface area contributed by atoms with Crippen molar-refractivity contribution in [1.29, 1.82) is 0 Å². The van der Waals surface area contributed by atoms with Crippen LogP contribution in [0, 0.1) is 0 Å². The molecule has 1 rings (SSSR count). The van der Waals surface area contributed by atoms with Crippen molar-refractivity contribution in [2.24, 2.45) is 0 Å². The Morgan fingerprint density at radius 2 is 1.95 bits per heavy atom. The van der Waals surface area contributed by atoms with Crippen molar-refractivity contribution in [2.75, 3.05) is 41.3 Å². The van der Waals surface area contributed by atoms with Crippen molar-refractivity contribution in [3.05, 3.63) is 28.2 Å². The average molecular weight is 372 g/mol. The largest absolute Gasteiger partial charge is 0.496 e. The number of carbonyl (C=O) groups is 2. The van der Waals surface area contributed by atoms with Crippen molar-refractivity contribution < 1.29 is 14.3 Å². The van der Waals surface area contributed by atoms with Crippen LogP contribution in [0.5, 0.6) is 5.75 Å². The molecule has 0 aromatic heterocycles. The number of likely N-dealkylation sites (N-methyl/N-ethyl adjacent to an activating group) is 3. The second-order valence-electron chi connectivity index (χ2n) is 5.05. The number of hydrogen-bond donors (Lipinski definition) is 1. The maximum Gasteiger partial charge on any atom is 0.239 e. The van der Waals surface area contributed by atoms with E-state index in [9.17, 15) is 9.59 Å². The van der Waals surface area contributed by atoms with E-state index >= 15 is 0 Å². The molecule has 0 radical (unpaired) electrons. The summed E-state index contributed by atoms with van der Waals surface area (Å²) in [6, 6.07) is 5.76. The van der Waals surface area contributed by atoms with Crippen molar-refractivity contribution in [3.63, 3.8) is 0 Å². The first-order valence-corrected chi connectivity index (χ1v) is 7.62. The molecule has 0 aliphatic heterocycles. The molecule has 0 aliphatic carbocycles. The monoisotopic (exact) mass is 371 g/mol. The van der Waals surface area contributed by atoms with Gasteiger partial charge in [0, 0.05) is 30.7 Å². The molecule has 1 aromatic carbocycles. The minimum atomic E-state index is -0.188. The van der Waals surface area contributed by atoms with Crippen LogP contribution >= 0.6 is 15.9 Å². The van der Waals surface area contributed by atoms with E-state index in [0.29, 0.717) is 6.54 Å². The average Bonchev–Trinajstić information content (AvgIpc) is 2.47. The lowest BCUT2D eigenvalue weighted by molar-refractivity contribution is -0.135. The quantitative estimate of drug-likeness (QED) is 0.779. The van der Waals surface area contributed by atoms with Crippen LogP contribution in [0.2, 0.25) is 0 Å². The Morgan fingerprint density at radius 1 is 1.27 bits per heavy atom. The van der Waals surface area contributed by atoms with E-state index in [2.05, 4.69) is 21.2 Å². The van der Waals surface area contributed by atoms with Gasteiger partial charge in [-0.2, -0.15) is 0 Å². The van der Waals surface area contributed by atoms with Gasteiger partial charge in [-0.15, -0.1) is 0 Å². The number of methoxy groups -OCH3 is 1. The van der Waals surface area contributed by atoms with Crippen LogP contribution in [-0.2, 0) is 16.1 Å². The van der Waals surface area contributed by atoms with Crippen LogP contribution in [0.15, 0.2) is 22.7 Å². The fourth-order valence-corrected chi connectivity index (χ4v) is 2.36. The molecule has 6 nitrogen and oxygen atoms in total. The van der Waals surface area contributed by atoms with Gasteiger partial charge in [0.15, 0.2) is 0 Å². The minimum Gasteiger partial charge on any atom is -0.496 e. The van der Waals surface area contributed by atoms with Crippen LogP contribution in [0.3, 0.4) is 0 Å². The van der Waals surface area contributed by atoms with Gasteiger partial charge in [-0.1, -0.05) is 15.9 Å². The molecule has 2 amide bonds. The Kier molecular flexibility index (Phi) is 7.34. The molecule has 0 saturated heterocycles. The first-order chi connectivity index (χ1) is 10.4. The smallest absolute Gasteiger partial charge is 0.239 e. The summed E-state index contributed by atoms with van der Waals surface area (Å²) in [7, 11) is 6.64. The second kappa shape index (κ2) is 8.75. The molecular weight excluding hydrogens is 350 g/mol. The van der Waals surface area contributed by atoms with Crippen molar-refractivity contribution in [3.8, 4) is 5.75 Å². The number of hydrogen-bond acceptors (Lipinski definition) is 4. The van der Waals surface area contributed by atoms with Crippen molar-refractivity contribution in [1.82, 2.24) is 15.1 Å². The van der Waals surface area contributed by atoms with Crippen molar-refractivity contribution in [2.45, 2.75) is 6.54 Å². The summed E-state index contributed by atoms with van der Waals surface area (Å²) in [5.74, 6) is 0.480. The van der Waals surface area contributed by atoms with E-state index in [1.54, 1.807) is 21.2 Å². The zero-order valence-corrected chi connectivity index (χ0v) is 14.9. The number of nitrogens with zero attached hydrogens (tertiary/aromatic N) is 2. The Labute approximate surface area is 139 Å².